The summed E-state index contributed by atoms with van der Waals surface area (Å²) in [5.41, 5.74) is 0.500. The number of rotatable bonds is 1. The highest BCUT2D eigenvalue weighted by atomic mass is 28.3. The summed E-state index contributed by atoms with van der Waals surface area (Å²) in [5.74, 6) is 0. The molecule has 145 valence electrons. The molecule has 0 rings (SSSR count). The molecular weight excluding hydrogens is 280 g/mol. The average Bonchev–Trinajstić information content (AvgIpc) is 2.30. The predicted octanol–water partition coefficient (Wildman–Crippen LogP) is 9.72. The Labute approximate surface area is 150 Å². The Balaban J connectivity index is -0.0000000249. The lowest BCUT2D eigenvalue weighted by molar-refractivity contribution is 0.469. The van der Waals surface area contributed by atoms with Gasteiger partial charge < -0.3 is 0 Å². The third-order valence-electron chi connectivity index (χ3n) is 0.500. The Kier molecular flexibility index (Phi) is 97.5. The van der Waals surface area contributed by atoms with Crippen LogP contribution in [0.15, 0.2) is 0 Å². The van der Waals surface area contributed by atoms with Crippen LogP contribution in [-0.4, -0.2) is 8.80 Å². The van der Waals surface area contributed by atoms with E-state index in [1.165, 1.54) is 25.7 Å². The summed E-state index contributed by atoms with van der Waals surface area (Å²) in [7, 11) is 0.120. The van der Waals surface area contributed by atoms with Crippen molar-refractivity contribution in [3.8, 4) is 0 Å². The van der Waals surface area contributed by atoms with E-state index < -0.39 is 0 Å². The Hall–Kier alpha value is 0.217. The second-order valence-electron chi connectivity index (χ2n) is 6.91. The first-order valence-electron chi connectivity index (χ1n) is 9.24. The minimum Gasteiger partial charge on any atom is -0.0776 e. The van der Waals surface area contributed by atoms with Crippen molar-refractivity contribution >= 4 is 8.80 Å². The second-order valence-corrected chi connectivity index (χ2v) is 9.91. The molecule has 0 aliphatic rings. The van der Waals surface area contributed by atoms with Crippen molar-refractivity contribution in [2.75, 3.05) is 0 Å². The normalized spacial score (nSPS) is 7.64. The van der Waals surface area contributed by atoms with Gasteiger partial charge in [-0.1, -0.05) is 136 Å². The van der Waals surface area contributed by atoms with E-state index in [1.807, 2.05) is 13.8 Å². The highest BCUT2D eigenvalue weighted by Crippen LogP contribution is 2.08. The van der Waals surface area contributed by atoms with Crippen molar-refractivity contribution in [2.45, 2.75) is 136 Å². The summed E-state index contributed by atoms with van der Waals surface area (Å²) >= 11 is 0. The molecule has 0 saturated carbocycles. The van der Waals surface area contributed by atoms with E-state index in [2.05, 4.69) is 88.9 Å². The van der Waals surface area contributed by atoms with Gasteiger partial charge in [0.2, 0.25) is 0 Å². The Morgan fingerprint density at radius 1 is 0.591 bits per heavy atom. The summed E-state index contributed by atoms with van der Waals surface area (Å²) in [6.07, 6.45) is 5.14. The lowest BCUT2D eigenvalue weighted by Crippen LogP contribution is -1.93. The van der Waals surface area contributed by atoms with Gasteiger partial charge in [-0.25, -0.2) is 0 Å². The summed E-state index contributed by atoms with van der Waals surface area (Å²) in [6, 6.07) is 0. The van der Waals surface area contributed by atoms with Crippen LogP contribution in [0.1, 0.15) is 116 Å². The fourth-order valence-corrected chi connectivity index (χ4v) is 0. The van der Waals surface area contributed by atoms with Gasteiger partial charge in [-0.15, -0.1) is 0 Å². The van der Waals surface area contributed by atoms with Crippen molar-refractivity contribution in [1.29, 1.82) is 0 Å². The highest BCUT2D eigenvalue weighted by molar-refractivity contribution is 6.54. The average molecular weight is 338 g/mol. The first-order valence-corrected chi connectivity index (χ1v) is 12.2. The van der Waals surface area contributed by atoms with E-state index in [4.69, 9.17) is 0 Å². The maximum atomic E-state index is 2.27. The molecule has 0 saturated heterocycles. The van der Waals surface area contributed by atoms with Gasteiger partial charge in [0, 0.05) is 8.80 Å². The summed E-state index contributed by atoms with van der Waals surface area (Å²) in [5, 5.41) is 0. The molecule has 0 aromatic heterocycles. The minimum atomic E-state index is 0. The SMILES string of the molecule is C.CC.CC(C)(C)C.CCC.CCC.CCCC.C[Si](C)C. The standard InChI is InChI=1S/C5H12.C4H10.C3H9Si.2C3H8.C2H6.CH4/c1-5(2,3)4;1-3-4-2;1-4(2)3;2*1-3-2;1-2;/h1-4H3;3-4H2,1-2H3;1-3H3;2*3H2,1-2H3;1-2H3;1H4. The van der Waals surface area contributed by atoms with E-state index in [0.29, 0.717) is 5.41 Å². The van der Waals surface area contributed by atoms with Crippen LogP contribution in [-0.2, 0) is 0 Å². The monoisotopic (exact) mass is 337 g/mol. The lowest BCUT2D eigenvalue weighted by Gasteiger charge is -2.05. The van der Waals surface area contributed by atoms with Crippen LogP contribution >= 0.6 is 0 Å². The molecule has 0 amide bonds. The van der Waals surface area contributed by atoms with E-state index in [-0.39, 0.29) is 16.2 Å². The quantitative estimate of drug-likeness (QED) is 0.417. The number of unbranched alkanes of at least 4 members (excludes halogenated alkanes) is 1. The van der Waals surface area contributed by atoms with E-state index in [0.717, 1.165) is 0 Å². The Morgan fingerprint density at radius 2 is 0.636 bits per heavy atom. The molecule has 0 aliphatic heterocycles. The first-order chi connectivity index (χ1) is 9.47. The van der Waals surface area contributed by atoms with Gasteiger partial charge in [-0.05, 0) is 5.41 Å². The number of hydrogen-bond donors (Lipinski definition) is 0. The van der Waals surface area contributed by atoms with Gasteiger partial charge >= 0.3 is 0 Å². The van der Waals surface area contributed by atoms with Crippen LogP contribution in [0.4, 0.5) is 0 Å². The van der Waals surface area contributed by atoms with E-state index in [1.54, 1.807) is 0 Å². The first kappa shape index (κ1) is 43.2. The van der Waals surface area contributed by atoms with Crippen molar-refractivity contribution < 1.29 is 0 Å². The molecule has 1 radical (unpaired) electrons. The zero-order chi connectivity index (χ0) is 18.9. The molecule has 0 aliphatic carbocycles. The highest BCUT2D eigenvalue weighted by Gasteiger charge is 1.95. The van der Waals surface area contributed by atoms with Gasteiger partial charge in [0.15, 0.2) is 0 Å². The molecule has 0 fully saturated rings. The van der Waals surface area contributed by atoms with Crippen LogP contribution in [0.2, 0.25) is 19.6 Å². The molecule has 0 bridgehead atoms. The molecule has 0 unspecified atom stereocenters. The van der Waals surface area contributed by atoms with Crippen LogP contribution < -0.4 is 0 Å². The zero-order valence-corrected chi connectivity index (χ0v) is 19.8. The molecule has 0 heterocycles. The fraction of sp³-hybridized carbons (Fsp3) is 1.00. The predicted molar refractivity (Wildman–Crippen MR) is 119 cm³/mol. The van der Waals surface area contributed by atoms with Crippen LogP contribution in [0.5, 0.6) is 0 Å². The summed E-state index contributed by atoms with van der Waals surface area (Å²) < 4.78 is 0. The second kappa shape index (κ2) is 49.6. The molecule has 0 spiro atoms. The van der Waals surface area contributed by atoms with Crippen molar-refractivity contribution in [1.82, 2.24) is 0 Å². The van der Waals surface area contributed by atoms with E-state index in [9.17, 15) is 0 Å². The molecule has 22 heavy (non-hydrogen) atoms. The molecule has 0 N–H and O–H groups in total. The third-order valence-corrected chi connectivity index (χ3v) is 0.500. The molecular formula is C21H57Si. The molecule has 1 heteroatoms. The van der Waals surface area contributed by atoms with Gasteiger partial charge in [-0.3, -0.25) is 0 Å². The molecule has 0 atom stereocenters. The zero-order valence-electron chi connectivity index (χ0n) is 18.8. The van der Waals surface area contributed by atoms with Gasteiger partial charge in [0.1, 0.15) is 0 Å². The third kappa shape index (κ3) is 5040. The summed E-state index contributed by atoms with van der Waals surface area (Å²) in [4.78, 5) is 0. The molecule has 0 aromatic carbocycles. The molecule has 0 aromatic rings. The van der Waals surface area contributed by atoms with Crippen LogP contribution in [0.25, 0.3) is 0 Å². The topological polar surface area (TPSA) is 0 Å². The summed E-state index contributed by atoms with van der Waals surface area (Å²) in [6.45, 7) is 32.4. The number of hydrogen-bond acceptors (Lipinski definition) is 0. The van der Waals surface area contributed by atoms with Crippen LogP contribution in [0.3, 0.4) is 0 Å². The minimum absolute atomic E-state index is 0. The molecule has 0 nitrogen and oxygen atoms in total. The largest absolute Gasteiger partial charge is 0.0776 e. The lowest BCUT2D eigenvalue weighted by atomic mass is 10.0. The maximum absolute atomic E-state index is 2.27. The van der Waals surface area contributed by atoms with Crippen LogP contribution in [0, 0.1) is 5.41 Å². The van der Waals surface area contributed by atoms with Crippen molar-refractivity contribution in [2.24, 2.45) is 5.41 Å². The van der Waals surface area contributed by atoms with Gasteiger partial charge in [0.05, 0.1) is 0 Å². The van der Waals surface area contributed by atoms with Gasteiger partial charge in [0.25, 0.3) is 0 Å². The van der Waals surface area contributed by atoms with Crippen molar-refractivity contribution in [3.63, 3.8) is 0 Å². The fourth-order valence-electron chi connectivity index (χ4n) is 0. The Morgan fingerprint density at radius 3 is 0.636 bits per heavy atom. The Bertz CT molecular complexity index is 77.8. The van der Waals surface area contributed by atoms with E-state index >= 15 is 0 Å². The van der Waals surface area contributed by atoms with Gasteiger partial charge in [-0.2, -0.15) is 0 Å². The maximum Gasteiger partial charge on any atom is 0.0379 e. The van der Waals surface area contributed by atoms with Crippen molar-refractivity contribution in [3.05, 3.63) is 0 Å². The smallest absolute Gasteiger partial charge is 0.0379 e.